The maximum Gasteiger partial charge on any atom is 0.0543 e. The Morgan fingerprint density at radius 1 is 1.30 bits per heavy atom. The molecule has 0 aliphatic heterocycles. The maximum atomic E-state index is 4.38. The molecule has 0 fully saturated rings. The van der Waals surface area contributed by atoms with E-state index in [1.807, 2.05) is 29.7 Å². The zero-order chi connectivity index (χ0) is 14.4. The second-order valence-electron chi connectivity index (χ2n) is 5.07. The molecule has 0 spiro atoms. The number of aryl methyl sites for hydroxylation is 1. The molecule has 0 atom stereocenters. The number of hydrogen-bond acceptors (Lipinski definition) is 4. The molecule has 0 unspecified atom stereocenters. The van der Waals surface area contributed by atoms with Crippen LogP contribution in [-0.4, -0.2) is 23.5 Å². The third-order valence-electron chi connectivity index (χ3n) is 3.22. The van der Waals surface area contributed by atoms with Gasteiger partial charge < -0.3 is 5.32 Å². The molecule has 0 bridgehead atoms. The second-order valence-corrected chi connectivity index (χ2v) is 6.41. The molecule has 0 aliphatic rings. The third kappa shape index (κ3) is 4.40. The predicted molar refractivity (Wildman–Crippen MR) is 85.8 cm³/mol. The van der Waals surface area contributed by atoms with E-state index in [0.717, 1.165) is 31.9 Å². The summed E-state index contributed by atoms with van der Waals surface area (Å²) in [5.74, 6) is 0. The van der Waals surface area contributed by atoms with Gasteiger partial charge in [0.2, 0.25) is 0 Å². The quantitative estimate of drug-likeness (QED) is 0.848. The molecule has 0 saturated heterocycles. The average molecular weight is 289 g/mol. The molecule has 2 heterocycles. The molecule has 1 N–H and O–H groups in total. The molecule has 0 aliphatic carbocycles. The largest absolute Gasteiger partial charge is 0.312 e. The Bertz CT molecular complexity index is 522. The molecular weight excluding hydrogens is 266 g/mol. The Hall–Kier alpha value is -1.23. The number of nitrogens with one attached hydrogen (secondary N) is 1. The molecule has 0 aromatic carbocycles. The average Bonchev–Trinajstić information content (AvgIpc) is 2.78. The van der Waals surface area contributed by atoms with E-state index < -0.39 is 0 Å². The Labute approximate surface area is 125 Å². The molecule has 3 nitrogen and oxygen atoms in total. The highest BCUT2D eigenvalue weighted by molar-refractivity contribution is 7.12. The van der Waals surface area contributed by atoms with Gasteiger partial charge in [0.15, 0.2) is 0 Å². The lowest BCUT2D eigenvalue weighted by Gasteiger charge is -2.15. The Balaban J connectivity index is 1.93. The number of aromatic nitrogens is 1. The fraction of sp³-hybridized carbons (Fsp3) is 0.438. The van der Waals surface area contributed by atoms with Gasteiger partial charge in [-0.2, -0.15) is 0 Å². The van der Waals surface area contributed by atoms with Crippen LogP contribution in [0.5, 0.6) is 0 Å². The van der Waals surface area contributed by atoms with Crippen LogP contribution in [0.1, 0.15) is 27.9 Å². The van der Waals surface area contributed by atoms with Gasteiger partial charge in [0.25, 0.3) is 0 Å². The Morgan fingerprint density at radius 2 is 2.15 bits per heavy atom. The standard InChI is InChI=1S/C16H23N3S/c1-4-17-10-16-9-14(13(2)20-16)11-19(3)12-15-7-5-6-8-18-15/h5-9,17H,4,10-12H2,1-3H3. The molecule has 2 aromatic rings. The van der Waals surface area contributed by atoms with E-state index in [9.17, 15) is 0 Å². The van der Waals surface area contributed by atoms with E-state index in [4.69, 9.17) is 0 Å². The van der Waals surface area contributed by atoms with Crippen molar-refractivity contribution in [2.24, 2.45) is 0 Å². The van der Waals surface area contributed by atoms with Gasteiger partial charge in [-0.05, 0) is 44.3 Å². The van der Waals surface area contributed by atoms with Gasteiger partial charge >= 0.3 is 0 Å². The minimum atomic E-state index is 0.888. The topological polar surface area (TPSA) is 28.2 Å². The normalized spacial score (nSPS) is 11.2. The molecule has 2 aromatic heterocycles. The first kappa shape index (κ1) is 15.2. The first-order chi connectivity index (χ1) is 9.69. The summed E-state index contributed by atoms with van der Waals surface area (Å²) in [6.07, 6.45) is 1.85. The van der Waals surface area contributed by atoms with Crippen LogP contribution in [0.25, 0.3) is 0 Å². The van der Waals surface area contributed by atoms with Crippen LogP contribution in [0, 0.1) is 6.92 Å². The van der Waals surface area contributed by atoms with Gasteiger partial charge in [-0.1, -0.05) is 13.0 Å². The van der Waals surface area contributed by atoms with E-state index >= 15 is 0 Å². The van der Waals surface area contributed by atoms with E-state index in [1.165, 1.54) is 15.3 Å². The highest BCUT2D eigenvalue weighted by atomic mass is 32.1. The highest BCUT2D eigenvalue weighted by Crippen LogP contribution is 2.23. The van der Waals surface area contributed by atoms with Gasteiger partial charge in [-0.15, -0.1) is 11.3 Å². The van der Waals surface area contributed by atoms with Crippen molar-refractivity contribution in [2.75, 3.05) is 13.6 Å². The summed E-state index contributed by atoms with van der Waals surface area (Å²) in [7, 11) is 2.15. The summed E-state index contributed by atoms with van der Waals surface area (Å²) in [4.78, 5) is 9.54. The molecule has 4 heteroatoms. The number of nitrogens with zero attached hydrogens (tertiary/aromatic N) is 2. The number of rotatable bonds is 7. The summed E-state index contributed by atoms with van der Waals surface area (Å²) in [6.45, 7) is 8.22. The molecular formula is C16H23N3S. The van der Waals surface area contributed by atoms with Crippen molar-refractivity contribution in [3.63, 3.8) is 0 Å². The second kappa shape index (κ2) is 7.53. The Kier molecular flexibility index (Phi) is 5.71. The molecule has 20 heavy (non-hydrogen) atoms. The summed E-state index contributed by atoms with van der Waals surface area (Å²) >= 11 is 1.90. The van der Waals surface area contributed by atoms with Crippen LogP contribution in [-0.2, 0) is 19.6 Å². The van der Waals surface area contributed by atoms with E-state index in [-0.39, 0.29) is 0 Å². The monoisotopic (exact) mass is 289 g/mol. The third-order valence-corrected chi connectivity index (χ3v) is 4.31. The van der Waals surface area contributed by atoms with Crippen LogP contribution >= 0.6 is 11.3 Å². The molecule has 0 radical (unpaired) electrons. The van der Waals surface area contributed by atoms with Crippen LogP contribution in [0.15, 0.2) is 30.5 Å². The van der Waals surface area contributed by atoms with Gasteiger partial charge in [-0.25, -0.2) is 0 Å². The van der Waals surface area contributed by atoms with E-state index in [1.54, 1.807) is 0 Å². The number of hydrogen-bond donors (Lipinski definition) is 1. The van der Waals surface area contributed by atoms with Crippen LogP contribution in [0.3, 0.4) is 0 Å². The Morgan fingerprint density at radius 3 is 2.85 bits per heavy atom. The van der Waals surface area contributed by atoms with E-state index in [0.29, 0.717) is 0 Å². The lowest BCUT2D eigenvalue weighted by Crippen LogP contribution is -2.18. The summed E-state index contributed by atoms with van der Waals surface area (Å²) in [5, 5.41) is 3.39. The zero-order valence-electron chi connectivity index (χ0n) is 12.5. The molecule has 2 rings (SSSR count). The smallest absolute Gasteiger partial charge is 0.0543 e. The summed E-state index contributed by atoms with van der Waals surface area (Å²) < 4.78 is 0. The molecule has 0 amide bonds. The molecule has 0 saturated carbocycles. The van der Waals surface area contributed by atoms with Crippen molar-refractivity contribution in [2.45, 2.75) is 33.5 Å². The molecule has 108 valence electrons. The van der Waals surface area contributed by atoms with Crippen molar-refractivity contribution in [3.8, 4) is 0 Å². The summed E-state index contributed by atoms with van der Waals surface area (Å²) in [5.41, 5.74) is 2.55. The fourth-order valence-corrected chi connectivity index (χ4v) is 3.22. The van der Waals surface area contributed by atoms with Crippen LogP contribution in [0.4, 0.5) is 0 Å². The van der Waals surface area contributed by atoms with Gasteiger partial charge in [-0.3, -0.25) is 9.88 Å². The van der Waals surface area contributed by atoms with Crippen molar-refractivity contribution in [1.82, 2.24) is 15.2 Å². The van der Waals surface area contributed by atoms with Crippen molar-refractivity contribution >= 4 is 11.3 Å². The minimum absolute atomic E-state index is 0.888. The van der Waals surface area contributed by atoms with Crippen molar-refractivity contribution < 1.29 is 0 Å². The van der Waals surface area contributed by atoms with Gasteiger partial charge in [0, 0.05) is 35.6 Å². The first-order valence-corrected chi connectivity index (χ1v) is 7.88. The SMILES string of the molecule is CCNCc1cc(CN(C)Cc2ccccn2)c(C)s1. The summed E-state index contributed by atoms with van der Waals surface area (Å²) in [6, 6.07) is 8.41. The van der Waals surface area contributed by atoms with Crippen LogP contribution < -0.4 is 5.32 Å². The lowest BCUT2D eigenvalue weighted by atomic mass is 10.2. The van der Waals surface area contributed by atoms with E-state index in [2.05, 4.69) is 48.2 Å². The number of pyridine rings is 1. The maximum absolute atomic E-state index is 4.38. The number of thiophene rings is 1. The first-order valence-electron chi connectivity index (χ1n) is 7.06. The minimum Gasteiger partial charge on any atom is -0.312 e. The zero-order valence-corrected chi connectivity index (χ0v) is 13.3. The van der Waals surface area contributed by atoms with Gasteiger partial charge in [0.05, 0.1) is 5.69 Å². The van der Waals surface area contributed by atoms with Gasteiger partial charge in [0.1, 0.15) is 0 Å². The highest BCUT2D eigenvalue weighted by Gasteiger charge is 2.08. The fourth-order valence-electron chi connectivity index (χ4n) is 2.19. The van der Waals surface area contributed by atoms with Crippen molar-refractivity contribution in [1.29, 1.82) is 0 Å². The van der Waals surface area contributed by atoms with Crippen LogP contribution in [0.2, 0.25) is 0 Å². The lowest BCUT2D eigenvalue weighted by molar-refractivity contribution is 0.315. The van der Waals surface area contributed by atoms with Crippen molar-refractivity contribution in [3.05, 3.63) is 51.5 Å². The predicted octanol–water partition coefficient (Wildman–Crippen LogP) is 3.19.